The average molecular weight is 469 g/mol. The zero-order valence-corrected chi connectivity index (χ0v) is 20.8. The molecule has 0 spiro atoms. The van der Waals surface area contributed by atoms with E-state index >= 15 is 0 Å². The number of thiophene rings is 1. The fraction of sp³-hybridized carbons (Fsp3) is 0.321. The smallest absolute Gasteiger partial charge is 0.268 e. The summed E-state index contributed by atoms with van der Waals surface area (Å²) in [4.78, 5) is 16.3. The van der Waals surface area contributed by atoms with Crippen LogP contribution in [0.15, 0.2) is 59.7 Å². The van der Waals surface area contributed by atoms with E-state index in [2.05, 4.69) is 74.3 Å². The molecule has 5 nitrogen and oxygen atoms in total. The van der Waals surface area contributed by atoms with Gasteiger partial charge in [-0.2, -0.15) is 0 Å². The van der Waals surface area contributed by atoms with Crippen LogP contribution >= 0.6 is 11.3 Å². The highest BCUT2D eigenvalue weighted by atomic mass is 32.1. The molecule has 0 radical (unpaired) electrons. The summed E-state index contributed by atoms with van der Waals surface area (Å²) in [5.41, 5.74) is 5.83. The van der Waals surface area contributed by atoms with Crippen LogP contribution in [0.4, 0.5) is 0 Å². The summed E-state index contributed by atoms with van der Waals surface area (Å²) in [6, 6.07) is 16.6. The van der Waals surface area contributed by atoms with E-state index in [-0.39, 0.29) is 11.0 Å². The zero-order valence-electron chi connectivity index (χ0n) is 20.0. The third-order valence-electron chi connectivity index (χ3n) is 7.35. The van der Waals surface area contributed by atoms with Crippen molar-refractivity contribution < 1.29 is 0 Å². The summed E-state index contributed by atoms with van der Waals surface area (Å²) >= 11 is 1.74. The van der Waals surface area contributed by atoms with E-state index in [1.165, 1.54) is 16.0 Å². The molecule has 0 saturated heterocycles. The van der Waals surface area contributed by atoms with Gasteiger partial charge in [0.25, 0.3) is 5.56 Å². The lowest BCUT2D eigenvalue weighted by Gasteiger charge is -2.33. The van der Waals surface area contributed by atoms with Crippen LogP contribution < -0.4 is 5.56 Å². The summed E-state index contributed by atoms with van der Waals surface area (Å²) in [5, 5.41) is 9.35. The maximum Gasteiger partial charge on any atom is 0.268 e. The number of rotatable bonds is 2. The maximum atomic E-state index is 13.9. The summed E-state index contributed by atoms with van der Waals surface area (Å²) in [7, 11) is 0. The molecule has 0 fully saturated rings. The van der Waals surface area contributed by atoms with Gasteiger partial charge in [-0.3, -0.25) is 9.20 Å². The first-order valence-electron chi connectivity index (χ1n) is 11.9. The Bertz CT molecular complexity index is 1580. The van der Waals surface area contributed by atoms with Crippen LogP contribution in [-0.4, -0.2) is 19.2 Å². The quantitative estimate of drug-likeness (QED) is 0.309. The molecule has 1 atom stereocenters. The Morgan fingerprint density at radius 3 is 2.35 bits per heavy atom. The van der Waals surface area contributed by atoms with Crippen molar-refractivity contribution in [2.45, 2.75) is 47.0 Å². The monoisotopic (exact) mass is 468 g/mol. The Hall–Kier alpha value is -3.25. The normalized spacial score (nSPS) is 16.3. The van der Waals surface area contributed by atoms with E-state index < -0.39 is 0 Å². The highest BCUT2D eigenvalue weighted by Gasteiger charge is 2.32. The fourth-order valence-corrected chi connectivity index (χ4v) is 6.59. The molecule has 3 heterocycles. The van der Waals surface area contributed by atoms with E-state index in [1.54, 1.807) is 22.2 Å². The number of benzene rings is 2. The van der Waals surface area contributed by atoms with E-state index in [4.69, 9.17) is 0 Å². The van der Waals surface area contributed by atoms with E-state index in [1.807, 2.05) is 16.5 Å². The summed E-state index contributed by atoms with van der Waals surface area (Å²) in [5.74, 6) is 1.19. The van der Waals surface area contributed by atoms with Crippen LogP contribution in [0.5, 0.6) is 0 Å². The lowest BCUT2D eigenvalue weighted by Crippen LogP contribution is -2.27. The largest absolute Gasteiger partial charge is 0.268 e. The SMILES string of the molecule is Cc1ccc(-c2ccc(-n3c(=O)c4c5c(sc4n4cnnc34)CC(C(C)(C)C)CC5)cc2)cc1. The second-order valence-corrected chi connectivity index (χ2v) is 11.6. The molecule has 1 unspecified atom stereocenters. The van der Waals surface area contributed by atoms with E-state index in [0.717, 1.165) is 46.3 Å². The molecule has 34 heavy (non-hydrogen) atoms. The maximum absolute atomic E-state index is 13.9. The Kier molecular flexibility index (Phi) is 4.78. The van der Waals surface area contributed by atoms with E-state index in [9.17, 15) is 4.79 Å². The molecular formula is C28H28N4OS. The van der Waals surface area contributed by atoms with Gasteiger partial charge in [-0.25, -0.2) is 4.57 Å². The van der Waals surface area contributed by atoms with Gasteiger partial charge in [0.05, 0.1) is 11.1 Å². The number of nitrogens with zero attached hydrogens (tertiary/aromatic N) is 4. The molecule has 0 amide bonds. The molecule has 0 aliphatic heterocycles. The van der Waals surface area contributed by atoms with Crippen LogP contribution in [0, 0.1) is 18.3 Å². The predicted molar refractivity (Wildman–Crippen MR) is 139 cm³/mol. The van der Waals surface area contributed by atoms with Crippen molar-refractivity contribution in [1.82, 2.24) is 19.2 Å². The molecule has 1 aliphatic carbocycles. The highest BCUT2D eigenvalue weighted by molar-refractivity contribution is 7.18. The van der Waals surface area contributed by atoms with Crippen LogP contribution in [0.2, 0.25) is 0 Å². The average Bonchev–Trinajstić information content (AvgIpc) is 3.44. The van der Waals surface area contributed by atoms with E-state index in [0.29, 0.717) is 11.7 Å². The molecule has 172 valence electrons. The number of fused-ring (bicyclic) bond motifs is 5. The molecule has 3 aromatic heterocycles. The molecule has 6 rings (SSSR count). The summed E-state index contributed by atoms with van der Waals surface area (Å²) in [6.07, 6.45) is 4.84. The van der Waals surface area contributed by atoms with Gasteiger partial charge in [-0.15, -0.1) is 21.5 Å². The first-order valence-corrected chi connectivity index (χ1v) is 12.7. The number of hydrogen-bond donors (Lipinski definition) is 0. The van der Waals surface area contributed by atoms with Gasteiger partial charge < -0.3 is 0 Å². The van der Waals surface area contributed by atoms with Crippen LogP contribution in [-0.2, 0) is 12.8 Å². The Morgan fingerprint density at radius 2 is 1.68 bits per heavy atom. The first kappa shape index (κ1) is 21.3. The number of hydrogen-bond acceptors (Lipinski definition) is 4. The minimum atomic E-state index is 0.00490. The first-order chi connectivity index (χ1) is 16.3. The molecule has 6 heteroatoms. The third-order valence-corrected chi connectivity index (χ3v) is 8.60. The minimum Gasteiger partial charge on any atom is -0.268 e. The Balaban J connectivity index is 1.51. The molecule has 0 bridgehead atoms. The second kappa shape index (κ2) is 7.64. The Labute approximate surface area is 202 Å². The summed E-state index contributed by atoms with van der Waals surface area (Å²) in [6.45, 7) is 9.05. The summed E-state index contributed by atoms with van der Waals surface area (Å²) < 4.78 is 3.71. The molecular weight excluding hydrogens is 440 g/mol. The minimum absolute atomic E-state index is 0.00490. The lowest BCUT2D eigenvalue weighted by molar-refractivity contribution is 0.218. The van der Waals surface area contributed by atoms with Gasteiger partial charge in [0.1, 0.15) is 11.2 Å². The van der Waals surface area contributed by atoms with Crippen LogP contribution in [0.3, 0.4) is 0 Å². The highest BCUT2D eigenvalue weighted by Crippen LogP contribution is 2.42. The van der Waals surface area contributed by atoms with Crippen LogP contribution in [0.25, 0.3) is 32.8 Å². The van der Waals surface area contributed by atoms with Crippen molar-refractivity contribution in [1.29, 1.82) is 0 Å². The lowest BCUT2D eigenvalue weighted by atomic mass is 9.72. The topological polar surface area (TPSA) is 52.2 Å². The molecule has 0 N–H and O–H groups in total. The number of aromatic nitrogens is 4. The van der Waals surface area contributed by atoms with Gasteiger partial charge in [0.2, 0.25) is 5.78 Å². The van der Waals surface area contributed by atoms with Gasteiger partial charge in [0.15, 0.2) is 0 Å². The van der Waals surface area contributed by atoms with Crippen molar-refractivity contribution in [2.75, 3.05) is 0 Å². The molecule has 1 aliphatic rings. The molecule has 5 aromatic rings. The predicted octanol–water partition coefficient (Wildman–Crippen LogP) is 6.22. The zero-order chi connectivity index (χ0) is 23.6. The van der Waals surface area contributed by atoms with Crippen molar-refractivity contribution in [3.63, 3.8) is 0 Å². The molecule has 0 saturated carbocycles. The molecule has 2 aromatic carbocycles. The standard InChI is InChI=1S/C28H28N4OS/c1-17-5-7-18(8-6-17)19-9-12-21(13-10-19)32-25(33)24-22-14-11-20(28(2,3)4)15-23(22)34-26(24)31-16-29-30-27(31)32/h5-10,12-13,16,20H,11,14-15H2,1-4H3. The van der Waals surface area contributed by atoms with Gasteiger partial charge >= 0.3 is 0 Å². The van der Waals surface area contributed by atoms with Gasteiger partial charge in [0, 0.05) is 4.88 Å². The van der Waals surface area contributed by atoms with Crippen LogP contribution in [0.1, 0.15) is 43.2 Å². The van der Waals surface area contributed by atoms with Crippen molar-refractivity contribution in [3.05, 3.63) is 81.2 Å². The second-order valence-electron chi connectivity index (χ2n) is 10.5. The van der Waals surface area contributed by atoms with Crippen molar-refractivity contribution in [3.8, 4) is 16.8 Å². The third kappa shape index (κ3) is 3.31. The van der Waals surface area contributed by atoms with Crippen molar-refractivity contribution in [2.24, 2.45) is 11.3 Å². The van der Waals surface area contributed by atoms with Crippen molar-refractivity contribution >= 4 is 27.3 Å². The Morgan fingerprint density at radius 1 is 1.00 bits per heavy atom. The fourth-order valence-electron chi connectivity index (χ4n) is 5.21. The van der Waals surface area contributed by atoms with Gasteiger partial charge in [-0.1, -0.05) is 62.7 Å². The number of aryl methyl sites for hydroxylation is 2. The van der Waals surface area contributed by atoms with Gasteiger partial charge in [-0.05, 0) is 66.3 Å².